The molecule has 13 heteroatoms. The topological polar surface area (TPSA) is 149 Å². The van der Waals surface area contributed by atoms with Gasteiger partial charge in [0, 0.05) is 28.9 Å². The number of carbonyl (C=O) groups excluding carboxylic acids is 3. The first-order chi connectivity index (χ1) is 19.9. The van der Waals surface area contributed by atoms with Crippen molar-refractivity contribution in [1.82, 2.24) is 16.1 Å². The van der Waals surface area contributed by atoms with Crippen molar-refractivity contribution in [3.63, 3.8) is 0 Å². The summed E-state index contributed by atoms with van der Waals surface area (Å²) in [5, 5.41) is 26.4. The summed E-state index contributed by atoms with van der Waals surface area (Å²) < 4.78 is 40.5. The van der Waals surface area contributed by atoms with Crippen LogP contribution in [-0.4, -0.2) is 53.1 Å². The molecule has 0 fully saturated rings. The maximum absolute atomic E-state index is 12.4. The van der Waals surface area contributed by atoms with E-state index in [-0.39, 0.29) is 30.3 Å². The highest BCUT2D eigenvalue weighted by Crippen LogP contribution is 2.22. The third-order valence-electron chi connectivity index (χ3n) is 5.60. The van der Waals surface area contributed by atoms with Gasteiger partial charge in [-0.25, -0.2) is 5.48 Å². The molecule has 10 nitrogen and oxygen atoms in total. The van der Waals surface area contributed by atoms with E-state index in [1.807, 2.05) is 0 Å². The van der Waals surface area contributed by atoms with Crippen molar-refractivity contribution in [2.45, 2.75) is 32.0 Å². The first-order valence-corrected chi connectivity index (χ1v) is 12.4. The molecule has 0 aromatic heterocycles. The predicted molar refractivity (Wildman–Crippen MR) is 145 cm³/mol. The molecule has 0 saturated carbocycles. The second kappa shape index (κ2) is 14.6. The van der Waals surface area contributed by atoms with E-state index < -0.39 is 30.3 Å². The maximum atomic E-state index is 12.4. The Morgan fingerprint density at radius 1 is 0.905 bits per heavy atom. The molecule has 0 bridgehead atoms. The van der Waals surface area contributed by atoms with Crippen LogP contribution < -0.4 is 26.2 Å². The Labute approximate surface area is 238 Å². The van der Waals surface area contributed by atoms with Gasteiger partial charge >= 0.3 is 6.36 Å². The predicted octanol–water partition coefficient (Wildman–Crippen LogP) is 2.70. The fraction of sp³-hybridized carbons (Fsp3) is 0.207. The number of hydroxylamine groups is 1. The van der Waals surface area contributed by atoms with Crippen LogP contribution in [0.1, 0.15) is 34.0 Å². The number of hydrogen-bond acceptors (Lipinski definition) is 7. The Morgan fingerprint density at radius 3 is 2.00 bits per heavy atom. The molecule has 42 heavy (non-hydrogen) atoms. The highest BCUT2D eigenvalue weighted by molar-refractivity contribution is 5.97. The van der Waals surface area contributed by atoms with Gasteiger partial charge in [0.2, 0.25) is 5.91 Å². The van der Waals surface area contributed by atoms with E-state index in [4.69, 9.17) is 5.21 Å². The average Bonchev–Trinajstić information content (AvgIpc) is 2.95. The largest absolute Gasteiger partial charge is 0.573 e. The van der Waals surface area contributed by atoms with Crippen LogP contribution in [0.25, 0.3) is 0 Å². The maximum Gasteiger partial charge on any atom is 0.573 e. The van der Waals surface area contributed by atoms with Gasteiger partial charge in [-0.3, -0.25) is 19.6 Å². The highest BCUT2D eigenvalue weighted by Gasteiger charge is 2.31. The Kier molecular flexibility index (Phi) is 11.0. The van der Waals surface area contributed by atoms with E-state index in [1.165, 1.54) is 48.8 Å². The highest BCUT2D eigenvalue weighted by atomic mass is 19.4. The molecule has 220 valence electrons. The zero-order valence-corrected chi connectivity index (χ0v) is 22.2. The number of aliphatic hydroxyl groups excluding tert-OH is 1. The molecule has 0 aliphatic carbocycles. The number of hydrogen-bond donors (Lipinski definition) is 6. The zero-order chi connectivity index (χ0) is 30.7. The molecule has 0 spiro atoms. The lowest BCUT2D eigenvalue weighted by Gasteiger charge is -2.19. The molecule has 0 aliphatic heterocycles. The Morgan fingerprint density at radius 2 is 1.48 bits per heavy atom. The Hall–Kier alpha value is -4.90. The van der Waals surface area contributed by atoms with Crippen LogP contribution >= 0.6 is 0 Å². The average molecular weight is 585 g/mol. The minimum atomic E-state index is -4.76. The summed E-state index contributed by atoms with van der Waals surface area (Å²) in [4.78, 5) is 36.2. The molecule has 3 rings (SSSR count). The first kappa shape index (κ1) is 31.6. The van der Waals surface area contributed by atoms with E-state index in [2.05, 4.69) is 32.5 Å². The van der Waals surface area contributed by atoms with E-state index in [0.717, 1.165) is 0 Å². The number of alkyl halides is 3. The van der Waals surface area contributed by atoms with Gasteiger partial charge in [-0.1, -0.05) is 24.0 Å². The van der Waals surface area contributed by atoms with Crippen molar-refractivity contribution in [3.05, 3.63) is 95.1 Å². The monoisotopic (exact) mass is 584 g/mol. The normalized spacial score (nSPS) is 12.2. The first-order valence-electron chi connectivity index (χ1n) is 12.4. The lowest BCUT2D eigenvalue weighted by Crippen LogP contribution is -2.51. The van der Waals surface area contributed by atoms with Gasteiger partial charge in [0.15, 0.2) is 0 Å². The minimum Gasteiger partial charge on any atom is -0.406 e. The number of halogens is 3. The smallest absolute Gasteiger partial charge is 0.406 e. The Bertz CT molecular complexity index is 1430. The summed E-state index contributed by atoms with van der Waals surface area (Å²) in [5.41, 5.74) is 4.11. The van der Waals surface area contributed by atoms with Crippen molar-refractivity contribution in [2.24, 2.45) is 0 Å². The molecule has 6 N–H and O–H groups in total. The number of anilines is 1. The number of ether oxygens (including phenoxy) is 1. The van der Waals surface area contributed by atoms with Crippen LogP contribution in [0.3, 0.4) is 0 Å². The van der Waals surface area contributed by atoms with Crippen molar-refractivity contribution < 1.29 is 42.6 Å². The van der Waals surface area contributed by atoms with Crippen molar-refractivity contribution >= 4 is 23.4 Å². The number of nitrogens with one attached hydrogen (secondary N) is 4. The summed E-state index contributed by atoms with van der Waals surface area (Å²) in [6, 6.07) is 17.0. The molecular formula is C29H27F3N4O6. The van der Waals surface area contributed by atoms with Crippen molar-refractivity contribution in [3.8, 4) is 17.6 Å². The number of aliphatic hydroxyl groups is 1. The summed E-state index contributed by atoms with van der Waals surface area (Å²) in [6.07, 6.45) is -5.99. The minimum absolute atomic E-state index is 0.0231. The lowest BCUT2D eigenvalue weighted by atomic mass is 10.1. The second-order valence-electron chi connectivity index (χ2n) is 8.92. The number of carbonyl (C=O) groups is 3. The fourth-order valence-corrected chi connectivity index (χ4v) is 3.52. The van der Waals surface area contributed by atoms with Crippen LogP contribution in [0, 0.1) is 11.8 Å². The molecule has 0 saturated heterocycles. The molecule has 0 aliphatic rings. The van der Waals surface area contributed by atoms with Gasteiger partial charge < -0.3 is 25.8 Å². The molecule has 3 aromatic carbocycles. The van der Waals surface area contributed by atoms with Gasteiger partial charge in [0.25, 0.3) is 11.8 Å². The number of rotatable bonds is 10. The third-order valence-corrected chi connectivity index (χ3v) is 5.60. The lowest BCUT2D eigenvalue weighted by molar-refractivity contribution is -0.274. The zero-order valence-electron chi connectivity index (χ0n) is 22.2. The third kappa shape index (κ3) is 10.3. The van der Waals surface area contributed by atoms with Crippen molar-refractivity contribution in [2.75, 3.05) is 11.9 Å². The van der Waals surface area contributed by atoms with Crippen molar-refractivity contribution in [1.29, 1.82) is 0 Å². The van der Waals surface area contributed by atoms with Gasteiger partial charge in [0.1, 0.15) is 11.8 Å². The van der Waals surface area contributed by atoms with Gasteiger partial charge in [-0.05, 0) is 73.2 Å². The second-order valence-corrected chi connectivity index (χ2v) is 8.92. The summed E-state index contributed by atoms with van der Waals surface area (Å²) in [7, 11) is 0. The molecular weight excluding hydrogens is 557 g/mol. The Balaban J connectivity index is 1.46. The SMILES string of the molecule is C[C@@H](O)[C@H](NC(=O)c1ccc(C#Cc2ccc(NC(=O)CNCc3ccc(OC(F)(F)F)cc3)cc2)cc1)C(=O)NO. The summed E-state index contributed by atoms with van der Waals surface area (Å²) >= 11 is 0. The quantitative estimate of drug-likeness (QED) is 0.122. The fourth-order valence-electron chi connectivity index (χ4n) is 3.52. The van der Waals surface area contributed by atoms with Crippen LogP contribution in [-0.2, 0) is 16.1 Å². The van der Waals surface area contributed by atoms with E-state index in [0.29, 0.717) is 22.4 Å². The number of amides is 3. The van der Waals surface area contributed by atoms with Crippen LogP contribution in [0.15, 0.2) is 72.8 Å². The van der Waals surface area contributed by atoms with E-state index >= 15 is 0 Å². The van der Waals surface area contributed by atoms with Gasteiger partial charge in [-0.2, -0.15) is 0 Å². The van der Waals surface area contributed by atoms with Gasteiger partial charge in [0.05, 0.1) is 12.6 Å². The molecule has 3 amide bonds. The molecule has 2 atom stereocenters. The van der Waals surface area contributed by atoms with Crippen LogP contribution in [0.4, 0.5) is 18.9 Å². The van der Waals surface area contributed by atoms with E-state index in [9.17, 15) is 32.7 Å². The molecule has 3 aromatic rings. The number of benzene rings is 3. The van der Waals surface area contributed by atoms with Crippen LogP contribution in [0.5, 0.6) is 5.75 Å². The standard InChI is InChI=1S/C29H27F3N4O6/c1-18(37)26(28(40)36-41)35-27(39)22-10-4-19(5-11-22)2-3-20-6-12-23(13-7-20)34-25(38)17-33-16-21-8-14-24(15-9-21)42-29(30,31)32/h4-15,18,26,33,37,41H,16-17H2,1H3,(H,34,38)(H,35,39)(H,36,40)/t18-,26+/m1/s1. The summed E-state index contributed by atoms with van der Waals surface area (Å²) in [6.45, 7) is 1.54. The van der Waals surface area contributed by atoms with Gasteiger partial charge in [-0.15, -0.1) is 13.2 Å². The summed E-state index contributed by atoms with van der Waals surface area (Å²) in [5.74, 6) is 3.71. The van der Waals surface area contributed by atoms with E-state index in [1.54, 1.807) is 36.4 Å². The molecule has 0 heterocycles. The molecule has 0 radical (unpaired) electrons. The van der Waals surface area contributed by atoms with Crippen LogP contribution in [0.2, 0.25) is 0 Å². The molecule has 0 unspecified atom stereocenters.